The summed E-state index contributed by atoms with van der Waals surface area (Å²) in [5.74, 6) is 4.35. The Labute approximate surface area is 151 Å². The van der Waals surface area contributed by atoms with Gasteiger partial charge in [0.1, 0.15) is 10.3 Å². The van der Waals surface area contributed by atoms with E-state index >= 15 is 0 Å². The van der Waals surface area contributed by atoms with Crippen molar-refractivity contribution in [2.45, 2.75) is 31.0 Å². The van der Waals surface area contributed by atoms with Crippen LogP contribution in [0.4, 0.5) is 0 Å². The number of aryl methyl sites for hydroxylation is 1. The van der Waals surface area contributed by atoms with E-state index in [0.717, 1.165) is 22.5 Å². The van der Waals surface area contributed by atoms with Crippen LogP contribution in [0.1, 0.15) is 29.9 Å². The summed E-state index contributed by atoms with van der Waals surface area (Å²) in [4.78, 5) is 11.8. The Hall–Kier alpha value is -2.14. The summed E-state index contributed by atoms with van der Waals surface area (Å²) in [6.45, 7) is 5.28. The van der Waals surface area contributed by atoms with Crippen molar-refractivity contribution in [1.29, 1.82) is 0 Å². The minimum absolute atomic E-state index is 0.0487. The minimum Gasteiger partial charge on any atom is -0.480 e. The molecule has 7 heteroatoms. The van der Waals surface area contributed by atoms with E-state index in [9.17, 15) is 13.2 Å². The molecule has 1 aromatic heterocycles. The summed E-state index contributed by atoms with van der Waals surface area (Å²) in [7, 11) is -3.90. The smallest absolute Gasteiger partial charge is 0.322 e. The molecule has 2 rings (SSSR count). The van der Waals surface area contributed by atoms with Gasteiger partial charge in [-0.05, 0) is 37.1 Å². The zero-order chi connectivity index (χ0) is 18.6. The Kier molecular flexibility index (Phi) is 6.01. The van der Waals surface area contributed by atoms with Crippen LogP contribution in [0.15, 0.2) is 40.6 Å². The maximum Gasteiger partial charge on any atom is 0.322 e. The van der Waals surface area contributed by atoms with Crippen molar-refractivity contribution in [2.24, 2.45) is 5.92 Å². The van der Waals surface area contributed by atoms with E-state index in [-0.39, 0.29) is 10.1 Å². The Morgan fingerprint density at radius 2 is 1.76 bits per heavy atom. The Balaban J connectivity index is 2.20. The molecule has 5 nitrogen and oxygen atoms in total. The summed E-state index contributed by atoms with van der Waals surface area (Å²) in [5, 5.41) is 9.14. The van der Waals surface area contributed by atoms with Gasteiger partial charge in [0.2, 0.25) is 0 Å². The number of carboxylic acid groups (broad SMARTS) is 1. The molecule has 2 N–H and O–H groups in total. The number of carboxylic acids is 1. The van der Waals surface area contributed by atoms with Crippen molar-refractivity contribution in [3.05, 3.63) is 52.4 Å². The lowest BCUT2D eigenvalue weighted by Gasteiger charge is -2.17. The molecule has 1 atom stereocenters. The number of carbonyl (C=O) groups is 1. The average Bonchev–Trinajstić information content (AvgIpc) is 3.01. The maximum atomic E-state index is 12.4. The molecule has 0 amide bonds. The van der Waals surface area contributed by atoms with Crippen LogP contribution in [-0.4, -0.2) is 25.5 Å². The number of sulfonamides is 1. The zero-order valence-corrected chi connectivity index (χ0v) is 15.7. The van der Waals surface area contributed by atoms with Gasteiger partial charge in [-0.25, -0.2) is 8.42 Å². The molecule has 0 saturated carbocycles. The summed E-state index contributed by atoms with van der Waals surface area (Å²) in [6.07, 6.45) is 0. The molecule has 1 aromatic carbocycles. The average molecular weight is 377 g/mol. The van der Waals surface area contributed by atoms with Crippen LogP contribution >= 0.6 is 11.3 Å². The first-order valence-electron chi connectivity index (χ1n) is 7.62. The van der Waals surface area contributed by atoms with Crippen LogP contribution in [0.2, 0.25) is 0 Å². The van der Waals surface area contributed by atoms with Crippen LogP contribution < -0.4 is 4.72 Å². The van der Waals surface area contributed by atoms with Crippen molar-refractivity contribution in [3.8, 4) is 11.8 Å². The normalized spacial score (nSPS) is 12.5. The minimum atomic E-state index is -3.90. The van der Waals surface area contributed by atoms with Crippen LogP contribution in [0.3, 0.4) is 0 Å². The number of hydrogen-bond donors (Lipinski definition) is 2. The molecule has 0 aliphatic rings. The maximum absolute atomic E-state index is 12.4. The van der Waals surface area contributed by atoms with Gasteiger partial charge in [0.15, 0.2) is 0 Å². The predicted molar refractivity (Wildman–Crippen MR) is 98.1 cm³/mol. The number of aliphatic carboxylic acids is 1. The van der Waals surface area contributed by atoms with Crippen LogP contribution in [-0.2, 0) is 14.8 Å². The molecule has 0 spiro atoms. The van der Waals surface area contributed by atoms with Crippen molar-refractivity contribution in [1.82, 2.24) is 4.72 Å². The van der Waals surface area contributed by atoms with E-state index in [2.05, 4.69) is 16.6 Å². The molecule has 0 radical (unpaired) electrons. The van der Waals surface area contributed by atoms with Gasteiger partial charge in [0.25, 0.3) is 10.0 Å². The zero-order valence-electron chi connectivity index (χ0n) is 14.1. The van der Waals surface area contributed by atoms with Crippen molar-refractivity contribution in [2.75, 3.05) is 0 Å². The molecular weight excluding hydrogens is 358 g/mol. The van der Waals surface area contributed by atoms with E-state index < -0.39 is 22.0 Å². The summed E-state index contributed by atoms with van der Waals surface area (Å²) < 4.78 is 27.0. The summed E-state index contributed by atoms with van der Waals surface area (Å²) >= 11 is 1.01. The summed E-state index contributed by atoms with van der Waals surface area (Å²) in [6, 6.07) is 9.59. The second-order valence-electron chi connectivity index (χ2n) is 5.92. The number of benzene rings is 1. The third kappa shape index (κ3) is 5.16. The van der Waals surface area contributed by atoms with Gasteiger partial charge in [0.05, 0.1) is 4.88 Å². The Morgan fingerprint density at radius 1 is 1.12 bits per heavy atom. The van der Waals surface area contributed by atoms with Gasteiger partial charge in [-0.2, -0.15) is 4.72 Å². The highest BCUT2D eigenvalue weighted by molar-refractivity contribution is 7.91. The number of nitrogens with one attached hydrogen (secondary N) is 1. The molecule has 0 aliphatic carbocycles. The molecule has 0 unspecified atom stereocenters. The van der Waals surface area contributed by atoms with E-state index in [1.165, 1.54) is 6.07 Å². The number of rotatable bonds is 5. The van der Waals surface area contributed by atoms with Gasteiger partial charge in [-0.15, -0.1) is 11.3 Å². The third-order valence-electron chi connectivity index (χ3n) is 3.44. The Morgan fingerprint density at radius 3 is 2.32 bits per heavy atom. The van der Waals surface area contributed by atoms with E-state index in [1.807, 2.05) is 31.2 Å². The highest BCUT2D eigenvalue weighted by atomic mass is 32.2. The molecule has 1 heterocycles. The molecule has 25 heavy (non-hydrogen) atoms. The lowest BCUT2D eigenvalue weighted by molar-refractivity contribution is -0.140. The topological polar surface area (TPSA) is 83.5 Å². The first kappa shape index (κ1) is 19.2. The van der Waals surface area contributed by atoms with Gasteiger partial charge in [-0.3, -0.25) is 4.79 Å². The van der Waals surface area contributed by atoms with Crippen molar-refractivity contribution >= 4 is 27.3 Å². The van der Waals surface area contributed by atoms with Crippen molar-refractivity contribution < 1.29 is 18.3 Å². The second-order valence-corrected chi connectivity index (χ2v) is 8.94. The van der Waals surface area contributed by atoms with Gasteiger partial charge >= 0.3 is 5.97 Å². The lowest BCUT2D eigenvalue weighted by Crippen LogP contribution is -2.43. The number of thiophene rings is 1. The fourth-order valence-corrected chi connectivity index (χ4v) is 4.51. The monoisotopic (exact) mass is 377 g/mol. The highest BCUT2D eigenvalue weighted by Crippen LogP contribution is 2.22. The first-order chi connectivity index (χ1) is 11.7. The second kappa shape index (κ2) is 7.83. The molecule has 0 fully saturated rings. The van der Waals surface area contributed by atoms with Crippen LogP contribution in [0.5, 0.6) is 0 Å². The highest BCUT2D eigenvalue weighted by Gasteiger charge is 2.28. The van der Waals surface area contributed by atoms with E-state index in [1.54, 1.807) is 19.9 Å². The summed E-state index contributed by atoms with van der Waals surface area (Å²) in [5.41, 5.74) is 1.98. The fourth-order valence-electron chi connectivity index (χ4n) is 2.00. The van der Waals surface area contributed by atoms with Crippen molar-refractivity contribution in [3.63, 3.8) is 0 Å². The molecular formula is C18H19NO4S2. The standard InChI is InChI=1S/C18H19NO4S2/c1-12(2)17(18(20)21)19-25(22,23)16-11-10-15(24-16)9-8-14-6-4-13(3)5-7-14/h4-7,10-12,17,19H,1-3H3,(H,20,21)/t17-/m0/s1. The van der Waals surface area contributed by atoms with E-state index in [0.29, 0.717) is 4.88 Å². The quantitative estimate of drug-likeness (QED) is 0.785. The number of hydrogen-bond acceptors (Lipinski definition) is 4. The van der Waals surface area contributed by atoms with Gasteiger partial charge in [0, 0.05) is 5.56 Å². The SMILES string of the molecule is Cc1ccc(C#Cc2ccc(S(=O)(=O)N[C@H](C(=O)O)C(C)C)s2)cc1. The molecule has 0 saturated heterocycles. The predicted octanol–water partition coefficient (Wildman–Crippen LogP) is 2.84. The molecule has 0 bridgehead atoms. The van der Waals surface area contributed by atoms with Crippen LogP contribution in [0.25, 0.3) is 0 Å². The van der Waals surface area contributed by atoms with Gasteiger partial charge < -0.3 is 5.11 Å². The third-order valence-corrected chi connectivity index (χ3v) is 6.38. The first-order valence-corrected chi connectivity index (χ1v) is 9.92. The molecule has 2 aromatic rings. The molecule has 132 valence electrons. The Bertz CT molecular complexity index is 916. The fraction of sp³-hybridized carbons (Fsp3) is 0.278. The van der Waals surface area contributed by atoms with E-state index in [4.69, 9.17) is 5.11 Å². The largest absolute Gasteiger partial charge is 0.480 e. The molecule has 0 aliphatic heterocycles. The lowest BCUT2D eigenvalue weighted by atomic mass is 10.1. The van der Waals surface area contributed by atoms with Gasteiger partial charge in [-0.1, -0.05) is 43.4 Å². The van der Waals surface area contributed by atoms with Crippen LogP contribution in [0, 0.1) is 24.7 Å².